The number of amides is 1. The van der Waals surface area contributed by atoms with Crippen LogP contribution in [-0.4, -0.2) is 23.4 Å². The van der Waals surface area contributed by atoms with Gasteiger partial charge in [-0.3, -0.25) is 4.79 Å². The second kappa shape index (κ2) is 6.14. The minimum absolute atomic E-state index is 0.0921. The Morgan fingerprint density at radius 1 is 1.42 bits per heavy atom. The summed E-state index contributed by atoms with van der Waals surface area (Å²) in [7, 11) is 0. The molecule has 0 aromatic heterocycles. The Kier molecular flexibility index (Phi) is 4.81. The van der Waals surface area contributed by atoms with Gasteiger partial charge in [0.2, 0.25) is 0 Å². The van der Waals surface area contributed by atoms with Crippen LogP contribution in [-0.2, 0) is 0 Å². The summed E-state index contributed by atoms with van der Waals surface area (Å²) in [4.78, 5) is 13.6. The van der Waals surface area contributed by atoms with E-state index in [-0.39, 0.29) is 30.3 Å². The number of carbonyl (C=O) groups excluding carboxylic acids is 1. The number of anilines is 1. The highest BCUT2D eigenvalue weighted by atomic mass is 19.2. The molecular formula is C13H15F2N3O. The van der Waals surface area contributed by atoms with E-state index in [0.29, 0.717) is 0 Å². The van der Waals surface area contributed by atoms with Gasteiger partial charge in [-0.1, -0.05) is 0 Å². The second-order valence-corrected chi connectivity index (χ2v) is 4.35. The van der Waals surface area contributed by atoms with Crippen LogP contribution in [0.3, 0.4) is 0 Å². The average molecular weight is 267 g/mol. The molecule has 0 saturated heterocycles. The zero-order valence-electron chi connectivity index (χ0n) is 10.8. The lowest BCUT2D eigenvalue weighted by Gasteiger charge is -2.26. The van der Waals surface area contributed by atoms with Crippen molar-refractivity contribution in [2.24, 2.45) is 0 Å². The van der Waals surface area contributed by atoms with Crippen LogP contribution in [0.1, 0.15) is 30.6 Å². The fraction of sp³-hybridized carbons (Fsp3) is 0.385. The lowest BCUT2D eigenvalue weighted by atomic mass is 10.1. The van der Waals surface area contributed by atoms with E-state index in [1.54, 1.807) is 13.8 Å². The van der Waals surface area contributed by atoms with Gasteiger partial charge in [-0.2, -0.15) is 5.26 Å². The van der Waals surface area contributed by atoms with E-state index >= 15 is 0 Å². The van der Waals surface area contributed by atoms with Crippen molar-refractivity contribution < 1.29 is 13.6 Å². The first kappa shape index (κ1) is 14.9. The molecular weight excluding hydrogens is 252 g/mol. The Balaban J connectivity index is 3.10. The Morgan fingerprint density at radius 2 is 2.00 bits per heavy atom. The van der Waals surface area contributed by atoms with Gasteiger partial charge in [0.1, 0.15) is 0 Å². The fourth-order valence-electron chi connectivity index (χ4n) is 1.67. The van der Waals surface area contributed by atoms with Crippen LogP contribution in [0.5, 0.6) is 0 Å². The molecule has 0 spiro atoms. The van der Waals surface area contributed by atoms with Crippen LogP contribution in [0.25, 0.3) is 0 Å². The molecule has 102 valence electrons. The van der Waals surface area contributed by atoms with E-state index in [0.717, 1.165) is 12.1 Å². The van der Waals surface area contributed by atoms with Crippen LogP contribution in [0.15, 0.2) is 12.1 Å². The Bertz CT molecular complexity index is 523. The van der Waals surface area contributed by atoms with Crippen molar-refractivity contribution in [3.05, 3.63) is 29.3 Å². The maximum Gasteiger partial charge on any atom is 0.256 e. The molecule has 0 fully saturated rings. The monoisotopic (exact) mass is 267 g/mol. The largest absolute Gasteiger partial charge is 0.398 e. The third kappa shape index (κ3) is 3.41. The van der Waals surface area contributed by atoms with Crippen molar-refractivity contribution in [2.45, 2.75) is 26.3 Å². The first-order valence-corrected chi connectivity index (χ1v) is 5.81. The third-order valence-corrected chi connectivity index (χ3v) is 2.67. The Morgan fingerprint density at radius 3 is 2.53 bits per heavy atom. The number of carbonyl (C=O) groups is 1. The van der Waals surface area contributed by atoms with Crippen LogP contribution >= 0.6 is 0 Å². The van der Waals surface area contributed by atoms with Crippen molar-refractivity contribution in [3.8, 4) is 6.07 Å². The summed E-state index contributed by atoms with van der Waals surface area (Å²) < 4.78 is 26.1. The summed E-state index contributed by atoms with van der Waals surface area (Å²) in [5.74, 6) is -2.73. The van der Waals surface area contributed by atoms with E-state index in [4.69, 9.17) is 11.0 Å². The van der Waals surface area contributed by atoms with Crippen molar-refractivity contribution in [1.82, 2.24) is 4.90 Å². The van der Waals surface area contributed by atoms with Gasteiger partial charge in [-0.05, 0) is 19.9 Å². The van der Waals surface area contributed by atoms with Gasteiger partial charge in [0, 0.05) is 24.3 Å². The normalized spacial score (nSPS) is 10.3. The topological polar surface area (TPSA) is 70.1 Å². The lowest BCUT2D eigenvalue weighted by molar-refractivity contribution is 0.0710. The van der Waals surface area contributed by atoms with E-state index in [1.165, 1.54) is 4.90 Å². The first-order chi connectivity index (χ1) is 8.88. The zero-order chi connectivity index (χ0) is 14.6. The molecule has 1 rings (SSSR count). The summed E-state index contributed by atoms with van der Waals surface area (Å²) in [6, 6.07) is 3.33. The number of hydrogen-bond acceptors (Lipinski definition) is 3. The van der Waals surface area contributed by atoms with Gasteiger partial charge < -0.3 is 10.6 Å². The van der Waals surface area contributed by atoms with Gasteiger partial charge in [-0.15, -0.1) is 0 Å². The number of nitrogens with zero attached hydrogens (tertiary/aromatic N) is 2. The number of benzene rings is 1. The standard InChI is InChI=1S/C13H15F2N3O/c1-8(2)18(5-3-4-16)13(19)9-6-10(14)11(15)7-12(9)17/h6-8H,3,5,17H2,1-2H3. The molecule has 0 unspecified atom stereocenters. The molecule has 0 aliphatic carbocycles. The van der Waals surface area contributed by atoms with E-state index in [1.807, 2.05) is 6.07 Å². The molecule has 6 heteroatoms. The molecule has 0 radical (unpaired) electrons. The van der Waals surface area contributed by atoms with Crippen LogP contribution in [0.2, 0.25) is 0 Å². The fourth-order valence-corrected chi connectivity index (χ4v) is 1.67. The van der Waals surface area contributed by atoms with Crippen molar-refractivity contribution >= 4 is 11.6 Å². The summed E-state index contributed by atoms with van der Waals surface area (Å²) in [5, 5.41) is 8.56. The number of nitrogens with two attached hydrogens (primary N) is 1. The van der Waals surface area contributed by atoms with Crippen LogP contribution in [0, 0.1) is 23.0 Å². The Labute approximate surface area is 110 Å². The first-order valence-electron chi connectivity index (χ1n) is 5.81. The van der Waals surface area contributed by atoms with Crippen molar-refractivity contribution in [2.75, 3.05) is 12.3 Å². The second-order valence-electron chi connectivity index (χ2n) is 4.35. The molecule has 0 aliphatic heterocycles. The predicted octanol–water partition coefficient (Wildman–Crippen LogP) is 2.31. The van der Waals surface area contributed by atoms with E-state index < -0.39 is 17.5 Å². The van der Waals surface area contributed by atoms with Crippen molar-refractivity contribution in [3.63, 3.8) is 0 Å². The number of hydrogen-bond donors (Lipinski definition) is 1. The molecule has 4 nitrogen and oxygen atoms in total. The molecule has 0 bridgehead atoms. The lowest BCUT2D eigenvalue weighted by Crippen LogP contribution is -2.38. The van der Waals surface area contributed by atoms with Gasteiger partial charge in [0.25, 0.3) is 5.91 Å². The minimum atomic E-state index is -1.12. The summed E-state index contributed by atoms with van der Waals surface area (Å²) in [5.41, 5.74) is 5.33. The third-order valence-electron chi connectivity index (χ3n) is 2.67. The minimum Gasteiger partial charge on any atom is -0.398 e. The highest BCUT2D eigenvalue weighted by Gasteiger charge is 2.22. The van der Waals surface area contributed by atoms with Gasteiger partial charge in [0.15, 0.2) is 11.6 Å². The molecule has 0 atom stereocenters. The molecule has 19 heavy (non-hydrogen) atoms. The van der Waals surface area contributed by atoms with Crippen molar-refractivity contribution in [1.29, 1.82) is 5.26 Å². The summed E-state index contributed by atoms with van der Waals surface area (Å²) >= 11 is 0. The Hall–Kier alpha value is -2.16. The zero-order valence-corrected chi connectivity index (χ0v) is 10.8. The number of nitriles is 1. The highest BCUT2D eigenvalue weighted by molar-refractivity contribution is 5.99. The maximum atomic E-state index is 13.2. The van der Waals surface area contributed by atoms with E-state index in [9.17, 15) is 13.6 Å². The number of rotatable bonds is 4. The maximum absolute atomic E-state index is 13.2. The number of nitrogen functional groups attached to an aromatic ring is 1. The van der Waals surface area contributed by atoms with Crippen LogP contribution in [0.4, 0.5) is 14.5 Å². The van der Waals surface area contributed by atoms with Gasteiger partial charge in [0.05, 0.1) is 18.1 Å². The van der Waals surface area contributed by atoms with E-state index in [2.05, 4.69) is 0 Å². The number of halogens is 2. The molecule has 2 N–H and O–H groups in total. The molecule has 1 aromatic rings. The SMILES string of the molecule is CC(C)N(CCC#N)C(=O)c1cc(F)c(F)cc1N. The smallest absolute Gasteiger partial charge is 0.256 e. The molecule has 1 aromatic carbocycles. The molecule has 0 saturated carbocycles. The molecule has 1 amide bonds. The van der Waals surface area contributed by atoms with Crippen LogP contribution < -0.4 is 5.73 Å². The van der Waals surface area contributed by atoms with Gasteiger partial charge >= 0.3 is 0 Å². The average Bonchev–Trinajstić information content (AvgIpc) is 2.33. The quantitative estimate of drug-likeness (QED) is 0.851. The van der Waals surface area contributed by atoms with Gasteiger partial charge in [-0.25, -0.2) is 8.78 Å². The summed E-state index contributed by atoms with van der Waals surface area (Å²) in [6.07, 6.45) is 0.160. The predicted molar refractivity (Wildman–Crippen MR) is 67.2 cm³/mol. The molecule has 0 heterocycles. The highest BCUT2D eigenvalue weighted by Crippen LogP contribution is 2.20. The summed E-state index contributed by atoms with van der Waals surface area (Å²) in [6.45, 7) is 3.75. The molecule has 0 aliphatic rings.